The molecule has 1 aromatic carbocycles. The smallest absolute Gasteiger partial charge is 0.335 e. The van der Waals surface area contributed by atoms with Gasteiger partial charge >= 0.3 is 12.0 Å². The van der Waals surface area contributed by atoms with Crippen LogP contribution in [0.3, 0.4) is 0 Å². The van der Waals surface area contributed by atoms with Crippen molar-refractivity contribution in [2.24, 2.45) is 0 Å². The van der Waals surface area contributed by atoms with Crippen molar-refractivity contribution in [3.8, 4) is 5.75 Å². The quantitative estimate of drug-likeness (QED) is 0.721. The third kappa shape index (κ3) is 3.85. The number of carboxylic acids is 1. The van der Waals surface area contributed by atoms with Crippen LogP contribution in [-0.2, 0) is 4.74 Å². The molecule has 1 unspecified atom stereocenters. The van der Waals surface area contributed by atoms with E-state index in [1.807, 2.05) is 6.92 Å². The van der Waals surface area contributed by atoms with Gasteiger partial charge in [0, 0.05) is 19.7 Å². The monoisotopic (exact) mass is 294 g/mol. The number of carbonyl (C=O) groups is 2. The molecule has 0 radical (unpaired) electrons. The van der Waals surface area contributed by atoms with Crippen LogP contribution in [-0.4, -0.2) is 52.9 Å². The number of anilines is 1. The van der Waals surface area contributed by atoms with Crippen LogP contribution in [0.2, 0.25) is 0 Å². The molecule has 0 bridgehead atoms. The van der Waals surface area contributed by atoms with E-state index in [0.717, 1.165) is 12.5 Å². The SMILES string of the molecule is CC1CN(C(=O)Nc2ccc(C(=O)O)cc2O)CCCO1. The predicted molar refractivity (Wildman–Crippen MR) is 75.7 cm³/mol. The molecule has 1 heterocycles. The number of benzene rings is 1. The summed E-state index contributed by atoms with van der Waals surface area (Å²) in [6.45, 7) is 3.55. The highest BCUT2D eigenvalue weighted by atomic mass is 16.5. The molecule has 21 heavy (non-hydrogen) atoms. The van der Waals surface area contributed by atoms with E-state index in [2.05, 4.69) is 5.32 Å². The zero-order valence-corrected chi connectivity index (χ0v) is 11.7. The van der Waals surface area contributed by atoms with E-state index < -0.39 is 5.97 Å². The number of urea groups is 1. The van der Waals surface area contributed by atoms with Gasteiger partial charge in [0.1, 0.15) is 5.75 Å². The molecule has 2 rings (SSSR count). The maximum Gasteiger partial charge on any atom is 0.335 e. The summed E-state index contributed by atoms with van der Waals surface area (Å²) in [6, 6.07) is 3.46. The van der Waals surface area contributed by atoms with Crippen molar-refractivity contribution in [3.05, 3.63) is 23.8 Å². The van der Waals surface area contributed by atoms with Gasteiger partial charge in [-0.25, -0.2) is 9.59 Å². The van der Waals surface area contributed by atoms with Crippen molar-refractivity contribution in [3.63, 3.8) is 0 Å². The van der Waals surface area contributed by atoms with Gasteiger partial charge in [-0.2, -0.15) is 0 Å². The summed E-state index contributed by atoms with van der Waals surface area (Å²) in [7, 11) is 0. The number of hydrogen-bond acceptors (Lipinski definition) is 4. The van der Waals surface area contributed by atoms with Crippen LogP contribution in [0.15, 0.2) is 18.2 Å². The van der Waals surface area contributed by atoms with Crippen LogP contribution in [0.25, 0.3) is 0 Å². The number of rotatable bonds is 2. The first kappa shape index (κ1) is 15.1. The fourth-order valence-corrected chi connectivity index (χ4v) is 2.14. The van der Waals surface area contributed by atoms with Gasteiger partial charge in [-0.1, -0.05) is 0 Å². The largest absolute Gasteiger partial charge is 0.506 e. The van der Waals surface area contributed by atoms with Crippen LogP contribution in [0.4, 0.5) is 10.5 Å². The minimum absolute atomic E-state index is 0.0395. The number of phenolic OH excluding ortho intramolecular Hbond substituents is 1. The molecule has 0 aliphatic carbocycles. The highest BCUT2D eigenvalue weighted by molar-refractivity contribution is 5.93. The Kier molecular flexibility index (Phi) is 4.64. The Bertz CT molecular complexity index is 546. The number of phenols is 1. The average molecular weight is 294 g/mol. The Morgan fingerprint density at radius 1 is 1.43 bits per heavy atom. The Balaban J connectivity index is 2.06. The molecular formula is C14H18N2O5. The second-order valence-corrected chi connectivity index (χ2v) is 4.95. The number of ether oxygens (including phenoxy) is 1. The number of hydrogen-bond donors (Lipinski definition) is 3. The van der Waals surface area contributed by atoms with E-state index in [4.69, 9.17) is 9.84 Å². The Hall–Kier alpha value is -2.28. The van der Waals surface area contributed by atoms with Crippen molar-refractivity contribution < 1.29 is 24.5 Å². The lowest BCUT2D eigenvalue weighted by molar-refractivity contribution is 0.0696. The predicted octanol–water partition coefficient (Wildman–Crippen LogP) is 1.73. The molecule has 1 fully saturated rings. The number of amides is 2. The van der Waals surface area contributed by atoms with Crippen molar-refractivity contribution in [2.75, 3.05) is 25.0 Å². The van der Waals surface area contributed by atoms with Gasteiger partial charge in [0.15, 0.2) is 0 Å². The summed E-state index contributed by atoms with van der Waals surface area (Å²) in [5, 5.41) is 21.2. The van der Waals surface area contributed by atoms with Crippen molar-refractivity contribution in [1.29, 1.82) is 0 Å². The molecule has 1 saturated heterocycles. The first-order valence-corrected chi connectivity index (χ1v) is 6.71. The fraction of sp³-hybridized carbons (Fsp3) is 0.429. The first-order chi connectivity index (χ1) is 9.97. The highest BCUT2D eigenvalue weighted by Crippen LogP contribution is 2.24. The van der Waals surface area contributed by atoms with E-state index in [9.17, 15) is 14.7 Å². The normalized spacial score (nSPS) is 18.9. The molecule has 7 heteroatoms. The van der Waals surface area contributed by atoms with Crippen molar-refractivity contribution in [1.82, 2.24) is 4.90 Å². The molecule has 1 atom stereocenters. The minimum Gasteiger partial charge on any atom is -0.506 e. The Labute approximate surface area is 122 Å². The molecule has 0 saturated carbocycles. The van der Waals surface area contributed by atoms with Crippen LogP contribution >= 0.6 is 0 Å². The zero-order valence-electron chi connectivity index (χ0n) is 11.7. The summed E-state index contributed by atoms with van der Waals surface area (Å²) < 4.78 is 5.46. The number of aromatic carboxylic acids is 1. The second kappa shape index (κ2) is 6.45. The molecule has 7 nitrogen and oxygen atoms in total. The summed E-state index contributed by atoms with van der Waals surface area (Å²) in [5.41, 5.74) is 0.144. The van der Waals surface area contributed by atoms with Crippen LogP contribution < -0.4 is 5.32 Å². The molecule has 1 aromatic rings. The van der Waals surface area contributed by atoms with Gasteiger partial charge in [0.25, 0.3) is 0 Å². The lowest BCUT2D eigenvalue weighted by Gasteiger charge is -2.22. The van der Waals surface area contributed by atoms with E-state index in [-0.39, 0.29) is 29.1 Å². The van der Waals surface area contributed by atoms with E-state index in [1.165, 1.54) is 12.1 Å². The molecule has 1 aliphatic heterocycles. The maximum absolute atomic E-state index is 12.2. The van der Waals surface area contributed by atoms with E-state index in [0.29, 0.717) is 19.7 Å². The van der Waals surface area contributed by atoms with Gasteiger partial charge in [0.05, 0.1) is 17.4 Å². The summed E-state index contributed by atoms with van der Waals surface area (Å²) >= 11 is 0. The summed E-state index contributed by atoms with van der Waals surface area (Å²) in [6.07, 6.45) is 0.711. The molecular weight excluding hydrogens is 276 g/mol. The molecule has 1 aliphatic rings. The molecule has 2 amide bonds. The van der Waals surface area contributed by atoms with E-state index in [1.54, 1.807) is 4.90 Å². The average Bonchev–Trinajstić information content (AvgIpc) is 2.65. The molecule has 0 spiro atoms. The Morgan fingerprint density at radius 2 is 2.19 bits per heavy atom. The fourth-order valence-electron chi connectivity index (χ4n) is 2.14. The van der Waals surface area contributed by atoms with Gasteiger partial charge < -0.3 is 25.2 Å². The number of nitrogens with zero attached hydrogens (tertiary/aromatic N) is 1. The maximum atomic E-state index is 12.2. The molecule has 3 N–H and O–H groups in total. The zero-order chi connectivity index (χ0) is 15.4. The standard InChI is InChI=1S/C14H18N2O5/c1-9-8-16(5-2-6-21-9)14(20)15-11-4-3-10(13(18)19)7-12(11)17/h3-4,7,9,17H,2,5-6,8H2,1H3,(H,15,20)(H,18,19). The van der Waals surface area contributed by atoms with Crippen LogP contribution in [0, 0.1) is 0 Å². The number of aromatic hydroxyl groups is 1. The van der Waals surface area contributed by atoms with Gasteiger partial charge in [0.2, 0.25) is 0 Å². The highest BCUT2D eigenvalue weighted by Gasteiger charge is 2.20. The van der Waals surface area contributed by atoms with Crippen molar-refractivity contribution in [2.45, 2.75) is 19.4 Å². The topological polar surface area (TPSA) is 99.1 Å². The van der Waals surface area contributed by atoms with Gasteiger partial charge in [-0.3, -0.25) is 0 Å². The van der Waals surface area contributed by atoms with E-state index >= 15 is 0 Å². The third-order valence-corrected chi connectivity index (χ3v) is 3.23. The Morgan fingerprint density at radius 3 is 2.86 bits per heavy atom. The number of nitrogens with one attached hydrogen (secondary N) is 1. The lowest BCUT2D eigenvalue weighted by atomic mass is 10.2. The summed E-state index contributed by atoms with van der Waals surface area (Å²) in [5.74, 6) is -1.41. The lowest BCUT2D eigenvalue weighted by Crippen LogP contribution is -2.38. The molecule has 0 aromatic heterocycles. The van der Waals surface area contributed by atoms with Crippen LogP contribution in [0.1, 0.15) is 23.7 Å². The molecule has 114 valence electrons. The van der Waals surface area contributed by atoms with Crippen LogP contribution in [0.5, 0.6) is 5.75 Å². The number of carboxylic acid groups (broad SMARTS) is 1. The van der Waals surface area contributed by atoms with Gasteiger partial charge in [-0.15, -0.1) is 0 Å². The van der Waals surface area contributed by atoms with Gasteiger partial charge in [-0.05, 0) is 31.5 Å². The summed E-state index contributed by atoms with van der Waals surface area (Å²) in [4.78, 5) is 24.6. The second-order valence-electron chi connectivity index (χ2n) is 4.95. The minimum atomic E-state index is -1.14. The third-order valence-electron chi connectivity index (χ3n) is 3.23. The number of carbonyl (C=O) groups excluding carboxylic acids is 1. The van der Waals surface area contributed by atoms with Crippen molar-refractivity contribution >= 4 is 17.7 Å². The first-order valence-electron chi connectivity index (χ1n) is 6.71.